The van der Waals surface area contributed by atoms with E-state index in [4.69, 9.17) is 9.15 Å². The van der Waals surface area contributed by atoms with Crippen molar-refractivity contribution >= 4 is 17.5 Å². The maximum absolute atomic E-state index is 12.6. The first kappa shape index (κ1) is 19.2. The number of hydrogen-bond donors (Lipinski definition) is 2. The van der Waals surface area contributed by atoms with Crippen molar-refractivity contribution in [3.63, 3.8) is 0 Å². The lowest BCUT2D eigenvalue weighted by molar-refractivity contribution is -0.118. The van der Waals surface area contributed by atoms with E-state index in [1.54, 1.807) is 36.4 Å². The van der Waals surface area contributed by atoms with Crippen LogP contribution in [0.5, 0.6) is 11.5 Å². The summed E-state index contributed by atoms with van der Waals surface area (Å²) in [6.45, 7) is 3.73. The Hall–Kier alpha value is -3.54. The highest BCUT2D eigenvalue weighted by Crippen LogP contribution is 2.23. The molecule has 3 rings (SSSR count). The molecule has 0 spiro atoms. The molecule has 6 heteroatoms. The standard InChI is InChI=1S/C22H22N2O4/c1-15(2)20(24-21(25)19-9-6-14-27-19)22(26)23-16-10-12-18(13-11-16)28-17-7-4-3-5-8-17/h3-15,20H,1-2H3,(H,23,26)(H,24,25)/t20-/m0/s1. The van der Waals surface area contributed by atoms with Gasteiger partial charge in [-0.3, -0.25) is 9.59 Å². The average molecular weight is 378 g/mol. The van der Waals surface area contributed by atoms with Gasteiger partial charge in [-0.1, -0.05) is 32.0 Å². The molecular formula is C22H22N2O4. The van der Waals surface area contributed by atoms with Crippen LogP contribution in [0.2, 0.25) is 0 Å². The summed E-state index contributed by atoms with van der Waals surface area (Å²) in [5.74, 6) is 0.744. The molecular weight excluding hydrogens is 356 g/mol. The molecule has 1 heterocycles. The van der Waals surface area contributed by atoms with Crippen LogP contribution in [0.4, 0.5) is 5.69 Å². The van der Waals surface area contributed by atoms with Crippen LogP contribution in [-0.4, -0.2) is 17.9 Å². The molecule has 2 aromatic carbocycles. The monoisotopic (exact) mass is 378 g/mol. The number of carbonyl (C=O) groups excluding carboxylic acids is 2. The van der Waals surface area contributed by atoms with Crippen molar-refractivity contribution < 1.29 is 18.7 Å². The van der Waals surface area contributed by atoms with Gasteiger partial charge in [-0.15, -0.1) is 0 Å². The second-order valence-electron chi connectivity index (χ2n) is 6.60. The molecule has 2 amide bonds. The van der Waals surface area contributed by atoms with Crippen LogP contribution in [0.3, 0.4) is 0 Å². The summed E-state index contributed by atoms with van der Waals surface area (Å²) in [6, 6.07) is 19.0. The van der Waals surface area contributed by atoms with E-state index in [0.717, 1.165) is 5.75 Å². The van der Waals surface area contributed by atoms with Crippen LogP contribution in [0.1, 0.15) is 24.4 Å². The highest BCUT2D eigenvalue weighted by molar-refractivity contribution is 6.00. The zero-order valence-corrected chi connectivity index (χ0v) is 15.7. The molecule has 2 N–H and O–H groups in total. The lowest BCUT2D eigenvalue weighted by Gasteiger charge is -2.21. The Morgan fingerprint density at radius 3 is 2.18 bits per heavy atom. The molecule has 0 bridgehead atoms. The van der Waals surface area contributed by atoms with E-state index in [2.05, 4.69) is 10.6 Å². The Bertz CT molecular complexity index is 903. The first-order valence-corrected chi connectivity index (χ1v) is 9.01. The smallest absolute Gasteiger partial charge is 0.287 e. The Morgan fingerprint density at radius 1 is 0.893 bits per heavy atom. The Balaban J connectivity index is 1.62. The van der Waals surface area contributed by atoms with Gasteiger partial charge in [0.05, 0.1) is 6.26 Å². The summed E-state index contributed by atoms with van der Waals surface area (Å²) in [5, 5.41) is 5.54. The highest BCUT2D eigenvalue weighted by atomic mass is 16.5. The Labute approximate surface area is 163 Å². The molecule has 6 nitrogen and oxygen atoms in total. The number of hydrogen-bond acceptors (Lipinski definition) is 4. The topological polar surface area (TPSA) is 80.6 Å². The lowest BCUT2D eigenvalue weighted by Crippen LogP contribution is -2.47. The number of furan rings is 1. The van der Waals surface area contributed by atoms with E-state index < -0.39 is 11.9 Å². The number of anilines is 1. The Morgan fingerprint density at radius 2 is 1.57 bits per heavy atom. The Kier molecular flexibility index (Phi) is 6.11. The van der Waals surface area contributed by atoms with Gasteiger partial charge in [0.25, 0.3) is 5.91 Å². The second-order valence-corrected chi connectivity index (χ2v) is 6.60. The minimum absolute atomic E-state index is 0.0976. The number of ether oxygens (including phenoxy) is 1. The third kappa shape index (κ3) is 5.01. The van der Waals surface area contributed by atoms with Gasteiger partial charge < -0.3 is 19.8 Å². The summed E-state index contributed by atoms with van der Waals surface area (Å²) >= 11 is 0. The van der Waals surface area contributed by atoms with Gasteiger partial charge in [0.1, 0.15) is 17.5 Å². The number of para-hydroxylation sites is 1. The summed E-state index contributed by atoms with van der Waals surface area (Å²) in [7, 11) is 0. The maximum Gasteiger partial charge on any atom is 0.287 e. The molecule has 0 aliphatic rings. The summed E-state index contributed by atoms with van der Waals surface area (Å²) in [4.78, 5) is 24.8. The predicted octanol–water partition coefficient (Wildman–Crippen LogP) is 4.47. The van der Waals surface area contributed by atoms with Crippen molar-refractivity contribution in [3.05, 3.63) is 78.8 Å². The second kappa shape index (κ2) is 8.90. The van der Waals surface area contributed by atoms with Crippen molar-refractivity contribution in [1.82, 2.24) is 5.32 Å². The fourth-order valence-corrected chi connectivity index (χ4v) is 2.61. The third-order valence-electron chi connectivity index (χ3n) is 4.08. The maximum atomic E-state index is 12.6. The largest absolute Gasteiger partial charge is 0.459 e. The van der Waals surface area contributed by atoms with E-state index in [9.17, 15) is 9.59 Å². The zero-order valence-electron chi connectivity index (χ0n) is 15.7. The van der Waals surface area contributed by atoms with Crippen molar-refractivity contribution in [2.75, 3.05) is 5.32 Å². The summed E-state index contributed by atoms with van der Waals surface area (Å²) < 4.78 is 10.8. The molecule has 0 aliphatic carbocycles. The number of carbonyl (C=O) groups is 2. The van der Waals surface area contributed by atoms with Crippen molar-refractivity contribution in [2.24, 2.45) is 5.92 Å². The number of rotatable bonds is 7. The minimum atomic E-state index is -0.696. The molecule has 0 saturated carbocycles. The number of nitrogens with one attached hydrogen (secondary N) is 2. The van der Waals surface area contributed by atoms with E-state index in [1.165, 1.54) is 6.26 Å². The van der Waals surface area contributed by atoms with E-state index in [1.807, 2.05) is 44.2 Å². The normalized spacial score (nSPS) is 11.7. The van der Waals surface area contributed by atoms with Gasteiger partial charge in [-0.25, -0.2) is 0 Å². The average Bonchev–Trinajstić information content (AvgIpc) is 3.23. The molecule has 1 atom stereocenters. The van der Waals surface area contributed by atoms with Crippen molar-refractivity contribution in [3.8, 4) is 11.5 Å². The van der Waals surface area contributed by atoms with Gasteiger partial charge in [0.15, 0.2) is 5.76 Å². The van der Waals surface area contributed by atoms with Gasteiger partial charge in [-0.2, -0.15) is 0 Å². The quantitative estimate of drug-likeness (QED) is 0.636. The first-order chi connectivity index (χ1) is 13.5. The number of benzene rings is 2. The molecule has 28 heavy (non-hydrogen) atoms. The lowest BCUT2D eigenvalue weighted by atomic mass is 10.0. The van der Waals surface area contributed by atoms with Crippen molar-refractivity contribution in [1.29, 1.82) is 0 Å². The van der Waals surface area contributed by atoms with Crippen LogP contribution in [0.25, 0.3) is 0 Å². The predicted molar refractivity (Wildman–Crippen MR) is 106 cm³/mol. The van der Waals surface area contributed by atoms with E-state index in [-0.39, 0.29) is 17.6 Å². The molecule has 1 aromatic heterocycles. The zero-order chi connectivity index (χ0) is 19.9. The minimum Gasteiger partial charge on any atom is -0.459 e. The molecule has 0 unspecified atom stereocenters. The van der Waals surface area contributed by atoms with Crippen molar-refractivity contribution in [2.45, 2.75) is 19.9 Å². The van der Waals surface area contributed by atoms with Crippen LogP contribution >= 0.6 is 0 Å². The van der Waals surface area contributed by atoms with E-state index >= 15 is 0 Å². The summed E-state index contributed by atoms with van der Waals surface area (Å²) in [6.07, 6.45) is 1.42. The van der Waals surface area contributed by atoms with Crippen LogP contribution in [0.15, 0.2) is 77.4 Å². The molecule has 144 valence electrons. The fourth-order valence-electron chi connectivity index (χ4n) is 2.61. The van der Waals surface area contributed by atoms with Gasteiger partial charge in [-0.05, 0) is 54.4 Å². The first-order valence-electron chi connectivity index (χ1n) is 9.01. The van der Waals surface area contributed by atoms with Crippen LogP contribution in [0, 0.1) is 5.92 Å². The number of amides is 2. The van der Waals surface area contributed by atoms with Gasteiger partial charge in [0, 0.05) is 5.69 Å². The fraction of sp³-hybridized carbons (Fsp3) is 0.182. The molecule has 0 fully saturated rings. The third-order valence-corrected chi connectivity index (χ3v) is 4.08. The highest BCUT2D eigenvalue weighted by Gasteiger charge is 2.25. The van der Waals surface area contributed by atoms with Crippen LogP contribution < -0.4 is 15.4 Å². The van der Waals surface area contributed by atoms with Crippen LogP contribution in [-0.2, 0) is 4.79 Å². The van der Waals surface area contributed by atoms with Gasteiger partial charge >= 0.3 is 0 Å². The molecule has 0 radical (unpaired) electrons. The SMILES string of the molecule is CC(C)[C@H](NC(=O)c1ccco1)C(=O)Nc1ccc(Oc2ccccc2)cc1. The molecule has 3 aromatic rings. The van der Waals surface area contributed by atoms with Gasteiger partial charge in [0.2, 0.25) is 5.91 Å². The summed E-state index contributed by atoms with van der Waals surface area (Å²) in [5.41, 5.74) is 0.614. The molecule has 0 aliphatic heterocycles. The van der Waals surface area contributed by atoms with E-state index in [0.29, 0.717) is 11.4 Å². The molecule has 0 saturated heterocycles.